The summed E-state index contributed by atoms with van der Waals surface area (Å²) in [6, 6.07) is 71.4. The first-order valence-electron chi connectivity index (χ1n) is 20.3. The molecule has 1 spiro atoms. The zero-order chi connectivity index (χ0) is 37.2. The van der Waals surface area contributed by atoms with Crippen molar-refractivity contribution in [2.75, 3.05) is 4.90 Å². The van der Waals surface area contributed by atoms with Gasteiger partial charge in [-0.25, -0.2) is 0 Å². The fourth-order valence-corrected chi connectivity index (χ4v) is 11.4. The van der Waals surface area contributed by atoms with Crippen molar-refractivity contribution >= 4 is 22.1 Å². The molecule has 0 amide bonds. The van der Waals surface area contributed by atoms with E-state index in [-0.39, 0.29) is 0 Å². The largest absolute Gasteiger partial charge is 0.336 e. The number of fused-ring (bicyclic) bond motifs is 18. The lowest BCUT2D eigenvalue weighted by Gasteiger charge is -2.32. The third-order valence-corrected chi connectivity index (χ3v) is 13.6. The Morgan fingerprint density at radius 3 is 1.89 bits per heavy atom. The molecule has 0 fully saturated rings. The van der Waals surface area contributed by atoms with E-state index >= 15 is 0 Å². The molecule has 1 nitrogen and oxygen atoms in total. The van der Waals surface area contributed by atoms with Crippen LogP contribution in [0.3, 0.4) is 0 Å². The van der Waals surface area contributed by atoms with Gasteiger partial charge in [0, 0.05) is 23.5 Å². The molecule has 0 saturated carbocycles. The smallest absolute Gasteiger partial charge is 0.0731 e. The van der Waals surface area contributed by atoms with Gasteiger partial charge in [-0.3, -0.25) is 0 Å². The van der Waals surface area contributed by atoms with Gasteiger partial charge in [-0.2, -0.15) is 0 Å². The SMILES string of the molecule is c1ccc2c(c1)Cc1cc(N(Cc3cccc4c3-c3ccccc3C43c4ccccc4-c4ccc5ccccc5c43)c3cccc4c3-c3ccccc3C4)ccc1-2. The van der Waals surface area contributed by atoms with Crippen molar-refractivity contribution in [2.45, 2.75) is 24.8 Å². The molecule has 4 aliphatic carbocycles. The van der Waals surface area contributed by atoms with Gasteiger partial charge < -0.3 is 4.90 Å². The molecule has 1 unspecified atom stereocenters. The zero-order valence-corrected chi connectivity index (χ0v) is 31.5. The Morgan fingerprint density at radius 1 is 0.404 bits per heavy atom. The maximum Gasteiger partial charge on any atom is 0.0731 e. The summed E-state index contributed by atoms with van der Waals surface area (Å²) in [5.41, 5.74) is 25.5. The summed E-state index contributed by atoms with van der Waals surface area (Å²) < 4.78 is 0. The lowest BCUT2D eigenvalue weighted by atomic mass is 9.69. The van der Waals surface area contributed by atoms with E-state index in [2.05, 4.69) is 193 Å². The second-order valence-electron chi connectivity index (χ2n) is 16.3. The molecule has 0 N–H and O–H groups in total. The molecule has 9 aromatic rings. The highest BCUT2D eigenvalue weighted by Crippen LogP contribution is 2.64. The maximum atomic E-state index is 2.62. The monoisotopic (exact) mass is 723 g/mol. The van der Waals surface area contributed by atoms with Crippen LogP contribution in [0.1, 0.15) is 50.1 Å². The fourth-order valence-electron chi connectivity index (χ4n) is 11.4. The molecule has 0 heterocycles. The first-order valence-corrected chi connectivity index (χ1v) is 20.3. The minimum absolute atomic E-state index is 0.425. The molecule has 57 heavy (non-hydrogen) atoms. The third-order valence-electron chi connectivity index (χ3n) is 13.6. The van der Waals surface area contributed by atoms with E-state index in [9.17, 15) is 0 Å². The van der Waals surface area contributed by atoms with Crippen LogP contribution in [0.5, 0.6) is 0 Å². The number of nitrogens with zero attached hydrogens (tertiary/aromatic N) is 1. The minimum atomic E-state index is -0.425. The normalized spacial score (nSPS) is 15.7. The summed E-state index contributed by atoms with van der Waals surface area (Å²) >= 11 is 0. The predicted octanol–water partition coefficient (Wildman–Crippen LogP) is 13.7. The van der Waals surface area contributed by atoms with E-state index in [0.717, 1.165) is 19.4 Å². The van der Waals surface area contributed by atoms with Crippen LogP contribution in [0.25, 0.3) is 55.3 Å². The van der Waals surface area contributed by atoms with Crippen LogP contribution in [0.2, 0.25) is 0 Å². The molecule has 1 atom stereocenters. The van der Waals surface area contributed by atoms with Gasteiger partial charge in [0.15, 0.2) is 0 Å². The highest BCUT2D eigenvalue weighted by Gasteiger charge is 2.52. The van der Waals surface area contributed by atoms with Crippen LogP contribution in [-0.4, -0.2) is 0 Å². The van der Waals surface area contributed by atoms with E-state index in [1.54, 1.807) is 0 Å². The standard InChI is InChI=1S/C56H37N/c1-6-20-45-35(13-1)27-29-47-46-21-7-9-23-49(46)56(55(45)47)50-24-10-8-22-48(50)53-39(17-11-25-51(53)56)34-57(41-28-30-43-40(33-41)32-36-14-2-4-18-42(36)43)52-26-12-16-38-31-37-15-3-5-19-44(37)54(38)52/h1-30,33H,31-32,34H2. The van der Waals surface area contributed by atoms with Crippen LogP contribution in [0.4, 0.5) is 11.4 Å². The predicted molar refractivity (Wildman–Crippen MR) is 235 cm³/mol. The first kappa shape index (κ1) is 31.3. The van der Waals surface area contributed by atoms with Crippen molar-refractivity contribution in [1.29, 1.82) is 0 Å². The van der Waals surface area contributed by atoms with Gasteiger partial charge in [-0.15, -0.1) is 0 Å². The van der Waals surface area contributed by atoms with Crippen molar-refractivity contribution in [3.8, 4) is 44.5 Å². The van der Waals surface area contributed by atoms with Crippen molar-refractivity contribution in [1.82, 2.24) is 0 Å². The highest BCUT2D eigenvalue weighted by molar-refractivity contribution is 6.04. The van der Waals surface area contributed by atoms with Gasteiger partial charge >= 0.3 is 0 Å². The van der Waals surface area contributed by atoms with E-state index in [1.165, 1.54) is 117 Å². The van der Waals surface area contributed by atoms with Crippen LogP contribution < -0.4 is 4.90 Å². The number of anilines is 2. The fraction of sp³-hybridized carbons (Fsp3) is 0.0714. The van der Waals surface area contributed by atoms with Crippen molar-refractivity contribution in [3.63, 3.8) is 0 Å². The maximum absolute atomic E-state index is 2.62. The Kier molecular flexibility index (Phi) is 6.33. The number of hydrogen-bond donors (Lipinski definition) is 0. The molecular weight excluding hydrogens is 687 g/mol. The van der Waals surface area contributed by atoms with Crippen molar-refractivity contribution in [3.05, 3.63) is 238 Å². The van der Waals surface area contributed by atoms with Crippen molar-refractivity contribution in [2.24, 2.45) is 0 Å². The second-order valence-corrected chi connectivity index (χ2v) is 16.3. The molecule has 266 valence electrons. The Labute approximate surface area is 333 Å². The summed E-state index contributed by atoms with van der Waals surface area (Å²) in [6.45, 7) is 0.738. The summed E-state index contributed by atoms with van der Waals surface area (Å²) in [4.78, 5) is 2.62. The lowest BCUT2D eigenvalue weighted by Crippen LogP contribution is -2.26. The molecule has 0 aliphatic heterocycles. The molecule has 13 rings (SSSR count). The van der Waals surface area contributed by atoms with Crippen LogP contribution in [0.15, 0.2) is 188 Å². The Hall–Kier alpha value is -6.96. The number of rotatable bonds is 4. The Bertz CT molecular complexity index is 3180. The van der Waals surface area contributed by atoms with E-state index in [1.807, 2.05) is 0 Å². The lowest BCUT2D eigenvalue weighted by molar-refractivity contribution is 0.799. The second kappa shape index (κ2) is 11.5. The van der Waals surface area contributed by atoms with E-state index in [4.69, 9.17) is 0 Å². The average Bonchev–Trinajstić information content (AvgIpc) is 4.00. The van der Waals surface area contributed by atoms with Gasteiger partial charge in [0.1, 0.15) is 0 Å². The van der Waals surface area contributed by atoms with Gasteiger partial charge in [0.25, 0.3) is 0 Å². The summed E-state index contributed by atoms with van der Waals surface area (Å²) in [5, 5.41) is 2.62. The Balaban J connectivity index is 1.06. The zero-order valence-electron chi connectivity index (χ0n) is 31.5. The quantitative estimate of drug-likeness (QED) is 0.175. The third kappa shape index (κ3) is 4.13. The Morgan fingerprint density at radius 2 is 1.02 bits per heavy atom. The van der Waals surface area contributed by atoms with Crippen molar-refractivity contribution < 1.29 is 0 Å². The molecule has 9 aromatic carbocycles. The van der Waals surface area contributed by atoms with Gasteiger partial charge in [-0.1, -0.05) is 170 Å². The molecule has 0 saturated heterocycles. The summed E-state index contributed by atoms with van der Waals surface area (Å²) in [6.07, 6.45) is 1.93. The first-order chi connectivity index (χ1) is 28.3. The van der Waals surface area contributed by atoms with Gasteiger partial charge in [0.05, 0.1) is 5.41 Å². The topological polar surface area (TPSA) is 3.24 Å². The molecule has 4 aliphatic rings. The number of benzene rings is 9. The number of hydrogen-bond acceptors (Lipinski definition) is 1. The molecule has 0 radical (unpaired) electrons. The molecule has 0 aromatic heterocycles. The highest BCUT2D eigenvalue weighted by atomic mass is 15.1. The van der Waals surface area contributed by atoms with E-state index < -0.39 is 5.41 Å². The summed E-state index contributed by atoms with van der Waals surface area (Å²) in [7, 11) is 0. The van der Waals surface area contributed by atoms with Crippen LogP contribution >= 0.6 is 0 Å². The molecular formula is C56H37N. The molecule has 0 bridgehead atoms. The van der Waals surface area contributed by atoms with Gasteiger partial charge in [0.2, 0.25) is 0 Å². The summed E-state index contributed by atoms with van der Waals surface area (Å²) in [5.74, 6) is 0. The van der Waals surface area contributed by atoms with E-state index in [0.29, 0.717) is 0 Å². The van der Waals surface area contributed by atoms with Crippen LogP contribution in [0, 0.1) is 0 Å². The van der Waals surface area contributed by atoms with Crippen LogP contribution in [-0.2, 0) is 24.8 Å². The van der Waals surface area contributed by atoms with Gasteiger partial charge in [-0.05, 0) is 131 Å². The minimum Gasteiger partial charge on any atom is -0.336 e. The average molecular weight is 724 g/mol. The molecule has 1 heteroatoms.